The van der Waals surface area contributed by atoms with Crippen LogP contribution in [0.5, 0.6) is 0 Å². The van der Waals surface area contributed by atoms with Gasteiger partial charge in [-0.1, -0.05) is 22.9 Å². The standard InChI is InChI=1S/C15H17ClF3N5O2S/c1-6-10(13(26)23(4)5)27-14(20-6)21-12(25)8(3)24-7(2)9(16)11(22-24)15(17,18)19/h8H,1-5H3,(H,20,21,25)/t8-/m0/s1. The molecule has 0 aliphatic rings. The van der Waals surface area contributed by atoms with Crippen LogP contribution in [0.2, 0.25) is 5.02 Å². The Morgan fingerprint density at radius 1 is 1.30 bits per heavy atom. The van der Waals surface area contributed by atoms with Gasteiger partial charge in [0.05, 0.1) is 16.4 Å². The van der Waals surface area contributed by atoms with E-state index in [2.05, 4.69) is 15.4 Å². The average Bonchev–Trinajstić information content (AvgIpc) is 3.06. The molecule has 0 spiro atoms. The first kappa shape index (κ1) is 21.2. The van der Waals surface area contributed by atoms with Crippen molar-refractivity contribution in [3.8, 4) is 0 Å². The molecule has 0 saturated carbocycles. The van der Waals surface area contributed by atoms with Crippen LogP contribution in [0.25, 0.3) is 0 Å². The molecule has 0 bridgehead atoms. The van der Waals surface area contributed by atoms with Crippen LogP contribution in [-0.4, -0.2) is 45.6 Å². The molecule has 2 amide bonds. The number of alkyl halides is 3. The van der Waals surface area contributed by atoms with E-state index in [4.69, 9.17) is 11.6 Å². The van der Waals surface area contributed by atoms with Crippen molar-refractivity contribution in [2.45, 2.75) is 33.0 Å². The molecule has 2 aromatic heterocycles. The van der Waals surface area contributed by atoms with Crippen LogP contribution in [0, 0.1) is 13.8 Å². The number of amides is 2. The number of aromatic nitrogens is 3. The summed E-state index contributed by atoms with van der Waals surface area (Å²) in [5, 5.41) is 5.56. The molecule has 0 saturated heterocycles. The van der Waals surface area contributed by atoms with Crippen molar-refractivity contribution in [2.75, 3.05) is 19.4 Å². The number of thiazole rings is 1. The minimum atomic E-state index is -4.73. The number of carbonyl (C=O) groups is 2. The largest absolute Gasteiger partial charge is 0.436 e. The fraction of sp³-hybridized carbons (Fsp3) is 0.467. The molecular formula is C15H17ClF3N5O2S. The first-order chi connectivity index (χ1) is 12.3. The van der Waals surface area contributed by atoms with E-state index in [1.807, 2.05) is 0 Å². The Morgan fingerprint density at radius 3 is 2.37 bits per heavy atom. The normalized spacial score (nSPS) is 12.8. The fourth-order valence-corrected chi connectivity index (χ4v) is 3.45. The molecule has 1 atom stereocenters. The third-order valence-electron chi connectivity index (χ3n) is 3.72. The molecule has 2 heterocycles. The van der Waals surface area contributed by atoms with Gasteiger partial charge >= 0.3 is 6.18 Å². The Morgan fingerprint density at radius 2 is 1.89 bits per heavy atom. The summed E-state index contributed by atoms with van der Waals surface area (Å²) in [4.78, 5) is 30.3. The lowest BCUT2D eigenvalue weighted by atomic mass is 10.3. The first-order valence-corrected chi connectivity index (χ1v) is 8.85. The summed E-state index contributed by atoms with van der Waals surface area (Å²) in [5.41, 5.74) is -0.782. The zero-order valence-electron chi connectivity index (χ0n) is 15.1. The molecule has 0 fully saturated rings. The third kappa shape index (κ3) is 4.24. The van der Waals surface area contributed by atoms with Crippen LogP contribution in [0.15, 0.2) is 0 Å². The van der Waals surface area contributed by atoms with E-state index in [9.17, 15) is 22.8 Å². The quantitative estimate of drug-likeness (QED) is 0.815. The summed E-state index contributed by atoms with van der Waals surface area (Å²) in [5.74, 6) is -0.897. The van der Waals surface area contributed by atoms with Crippen LogP contribution >= 0.6 is 22.9 Å². The average molecular weight is 424 g/mol. The molecule has 0 aromatic carbocycles. The second-order valence-corrected chi connectivity index (χ2v) is 7.37. The highest BCUT2D eigenvalue weighted by molar-refractivity contribution is 7.17. The van der Waals surface area contributed by atoms with E-state index < -0.39 is 28.8 Å². The lowest BCUT2D eigenvalue weighted by molar-refractivity contribution is -0.141. The lowest BCUT2D eigenvalue weighted by Crippen LogP contribution is -2.25. The minimum absolute atomic E-state index is 0.0189. The molecule has 148 valence electrons. The summed E-state index contributed by atoms with van der Waals surface area (Å²) in [6.45, 7) is 4.35. The van der Waals surface area contributed by atoms with Crippen molar-refractivity contribution >= 4 is 39.9 Å². The van der Waals surface area contributed by atoms with E-state index >= 15 is 0 Å². The molecule has 2 aromatic rings. The molecule has 7 nitrogen and oxygen atoms in total. The summed E-state index contributed by atoms with van der Waals surface area (Å²) < 4.78 is 39.7. The van der Waals surface area contributed by atoms with Crippen LogP contribution in [-0.2, 0) is 11.0 Å². The highest BCUT2D eigenvalue weighted by atomic mass is 35.5. The number of nitrogens with one attached hydrogen (secondary N) is 1. The molecule has 2 rings (SSSR count). The number of nitrogens with zero attached hydrogens (tertiary/aromatic N) is 4. The number of hydrogen-bond donors (Lipinski definition) is 1. The van der Waals surface area contributed by atoms with Gasteiger partial charge in [0.2, 0.25) is 0 Å². The number of halogens is 4. The van der Waals surface area contributed by atoms with Gasteiger partial charge in [-0.2, -0.15) is 18.3 Å². The van der Waals surface area contributed by atoms with Crippen molar-refractivity contribution in [2.24, 2.45) is 0 Å². The summed E-state index contributed by atoms with van der Waals surface area (Å²) in [6, 6.07) is -1.07. The smallest absolute Gasteiger partial charge is 0.344 e. The summed E-state index contributed by atoms with van der Waals surface area (Å²) in [7, 11) is 3.18. The van der Waals surface area contributed by atoms with E-state index in [0.29, 0.717) is 10.6 Å². The zero-order chi connectivity index (χ0) is 20.7. The monoisotopic (exact) mass is 423 g/mol. The third-order valence-corrected chi connectivity index (χ3v) is 5.23. The summed E-state index contributed by atoms with van der Waals surface area (Å²) >= 11 is 6.69. The van der Waals surface area contributed by atoms with Gasteiger partial charge in [0.1, 0.15) is 10.9 Å². The predicted molar refractivity (Wildman–Crippen MR) is 95.2 cm³/mol. The van der Waals surface area contributed by atoms with E-state index in [1.165, 1.54) is 18.7 Å². The van der Waals surface area contributed by atoms with Crippen LogP contribution in [0.3, 0.4) is 0 Å². The SMILES string of the molecule is Cc1nc(NC(=O)[C@H](C)n2nc(C(F)(F)F)c(Cl)c2C)sc1C(=O)N(C)C. The Bertz CT molecular complexity index is 891. The Labute approximate surface area is 162 Å². The number of hydrogen-bond acceptors (Lipinski definition) is 5. The maximum Gasteiger partial charge on any atom is 0.436 e. The number of carbonyl (C=O) groups excluding carboxylic acids is 2. The zero-order valence-corrected chi connectivity index (χ0v) is 16.7. The Hall–Kier alpha value is -2.14. The van der Waals surface area contributed by atoms with Gasteiger partial charge in [0, 0.05) is 14.1 Å². The van der Waals surface area contributed by atoms with Crippen LogP contribution in [0.4, 0.5) is 18.3 Å². The van der Waals surface area contributed by atoms with Gasteiger partial charge in [0.25, 0.3) is 11.8 Å². The highest BCUT2D eigenvalue weighted by Gasteiger charge is 2.39. The van der Waals surface area contributed by atoms with Gasteiger partial charge in [-0.15, -0.1) is 0 Å². The predicted octanol–water partition coefficient (Wildman–Crippen LogP) is 3.53. The number of rotatable bonds is 4. The first-order valence-electron chi connectivity index (χ1n) is 7.66. The molecule has 0 radical (unpaired) electrons. The van der Waals surface area contributed by atoms with Crippen molar-refractivity contribution in [3.63, 3.8) is 0 Å². The van der Waals surface area contributed by atoms with Gasteiger partial charge in [-0.3, -0.25) is 14.3 Å². The van der Waals surface area contributed by atoms with E-state index in [1.54, 1.807) is 21.0 Å². The van der Waals surface area contributed by atoms with Gasteiger partial charge in [0.15, 0.2) is 10.8 Å². The second kappa shape index (κ2) is 7.47. The maximum absolute atomic E-state index is 12.9. The molecule has 0 aliphatic carbocycles. The minimum Gasteiger partial charge on any atom is -0.344 e. The van der Waals surface area contributed by atoms with E-state index in [0.717, 1.165) is 16.0 Å². The number of anilines is 1. The molecule has 0 aliphatic heterocycles. The Balaban J connectivity index is 2.25. The topological polar surface area (TPSA) is 80.1 Å². The fourth-order valence-electron chi connectivity index (χ4n) is 2.23. The van der Waals surface area contributed by atoms with Gasteiger partial charge < -0.3 is 10.2 Å². The van der Waals surface area contributed by atoms with Gasteiger partial charge in [-0.25, -0.2) is 4.98 Å². The van der Waals surface area contributed by atoms with Crippen molar-refractivity contribution in [1.82, 2.24) is 19.7 Å². The summed E-state index contributed by atoms with van der Waals surface area (Å²) in [6.07, 6.45) is -4.73. The van der Waals surface area contributed by atoms with Crippen LogP contribution in [0.1, 0.15) is 39.7 Å². The second-order valence-electron chi connectivity index (χ2n) is 5.99. The molecule has 1 N–H and O–H groups in total. The van der Waals surface area contributed by atoms with Crippen LogP contribution < -0.4 is 5.32 Å². The van der Waals surface area contributed by atoms with Crippen molar-refractivity contribution in [1.29, 1.82) is 0 Å². The highest BCUT2D eigenvalue weighted by Crippen LogP contribution is 2.36. The maximum atomic E-state index is 12.9. The molecule has 27 heavy (non-hydrogen) atoms. The van der Waals surface area contributed by atoms with E-state index in [-0.39, 0.29) is 16.7 Å². The Kier molecular flexibility index (Phi) is 5.85. The number of aryl methyl sites for hydroxylation is 1. The molecular weight excluding hydrogens is 407 g/mol. The molecule has 12 heteroatoms. The van der Waals surface area contributed by atoms with Crippen molar-refractivity contribution < 1.29 is 22.8 Å². The van der Waals surface area contributed by atoms with Crippen molar-refractivity contribution in [3.05, 3.63) is 27.0 Å². The molecule has 0 unspecified atom stereocenters. The van der Waals surface area contributed by atoms with Gasteiger partial charge in [-0.05, 0) is 20.8 Å². The lowest BCUT2D eigenvalue weighted by Gasteiger charge is -2.13.